The maximum Gasteiger partial charge on any atom is 0.191 e. The minimum absolute atomic E-state index is 0.172. The first-order chi connectivity index (χ1) is 12.6. The molecular formula is C19H31N5OS. The van der Waals surface area contributed by atoms with Crippen molar-refractivity contribution < 1.29 is 4.42 Å². The second kappa shape index (κ2) is 10.3. The van der Waals surface area contributed by atoms with E-state index in [0.717, 1.165) is 42.1 Å². The number of hydrogen-bond acceptors (Lipinski definition) is 5. The molecular weight excluding hydrogens is 346 g/mol. The Labute approximate surface area is 160 Å². The van der Waals surface area contributed by atoms with Crippen LogP contribution in [0.1, 0.15) is 56.1 Å². The molecule has 2 heterocycles. The molecule has 1 atom stereocenters. The molecule has 0 amide bonds. The van der Waals surface area contributed by atoms with E-state index in [2.05, 4.69) is 58.6 Å². The summed E-state index contributed by atoms with van der Waals surface area (Å²) in [5, 5.41) is 9.97. The molecule has 0 saturated heterocycles. The van der Waals surface area contributed by atoms with Crippen LogP contribution in [0.4, 0.5) is 0 Å². The molecule has 2 aromatic rings. The normalized spacial score (nSPS) is 13.4. The zero-order valence-corrected chi connectivity index (χ0v) is 17.3. The molecule has 6 nitrogen and oxygen atoms in total. The van der Waals surface area contributed by atoms with Crippen molar-refractivity contribution >= 4 is 17.3 Å². The Morgan fingerprint density at radius 2 is 2.08 bits per heavy atom. The van der Waals surface area contributed by atoms with Crippen molar-refractivity contribution in [1.82, 2.24) is 20.5 Å². The largest absolute Gasteiger partial charge is 0.468 e. The Balaban J connectivity index is 1.93. The molecule has 0 saturated carbocycles. The topological polar surface area (TPSA) is 65.7 Å². The van der Waals surface area contributed by atoms with Crippen LogP contribution in [0.25, 0.3) is 0 Å². The van der Waals surface area contributed by atoms with Gasteiger partial charge in [-0.05, 0) is 31.1 Å². The predicted molar refractivity (Wildman–Crippen MR) is 109 cm³/mol. The van der Waals surface area contributed by atoms with E-state index < -0.39 is 0 Å². The van der Waals surface area contributed by atoms with Gasteiger partial charge in [-0.1, -0.05) is 27.7 Å². The first-order valence-corrected chi connectivity index (χ1v) is 10.1. The van der Waals surface area contributed by atoms with Gasteiger partial charge >= 0.3 is 0 Å². The fourth-order valence-corrected chi connectivity index (χ4v) is 3.69. The number of nitrogens with zero attached hydrogens (tertiary/aromatic N) is 3. The third-order valence-corrected chi connectivity index (χ3v) is 5.25. The summed E-state index contributed by atoms with van der Waals surface area (Å²) in [6.45, 7) is 12.0. The fraction of sp³-hybridized carbons (Fsp3) is 0.579. The highest BCUT2D eigenvalue weighted by atomic mass is 32.1. The zero-order valence-electron chi connectivity index (χ0n) is 16.5. The minimum Gasteiger partial charge on any atom is -0.468 e. The van der Waals surface area contributed by atoms with Gasteiger partial charge < -0.3 is 15.1 Å². The number of thiazole rings is 1. The van der Waals surface area contributed by atoms with Gasteiger partial charge in [0.05, 0.1) is 24.5 Å². The lowest BCUT2D eigenvalue weighted by Gasteiger charge is -2.28. The lowest BCUT2D eigenvalue weighted by Crippen LogP contribution is -2.42. The Morgan fingerprint density at radius 3 is 2.62 bits per heavy atom. The monoisotopic (exact) mass is 377 g/mol. The van der Waals surface area contributed by atoms with Gasteiger partial charge in [0.2, 0.25) is 0 Å². The molecule has 0 aliphatic rings. The van der Waals surface area contributed by atoms with Crippen molar-refractivity contribution in [1.29, 1.82) is 0 Å². The molecule has 2 aromatic heterocycles. The van der Waals surface area contributed by atoms with Crippen LogP contribution in [-0.4, -0.2) is 42.5 Å². The third kappa shape index (κ3) is 5.57. The molecule has 1 unspecified atom stereocenters. The molecule has 7 heteroatoms. The summed E-state index contributed by atoms with van der Waals surface area (Å²) in [7, 11) is 1.79. The van der Waals surface area contributed by atoms with Crippen molar-refractivity contribution in [3.05, 3.63) is 40.2 Å². The molecule has 2 rings (SSSR count). The Bertz CT molecular complexity index is 661. The van der Waals surface area contributed by atoms with E-state index in [1.165, 1.54) is 0 Å². The molecule has 0 radical (unpaired) electrons. The molecule has 144 valence electrons. The average Bonchev–Trinajstić information content (AvgIpc) is 3.32. The van der Waals surface area contributed by atoms with E-state index in [9.17, 15) is 0 Å². The number of guanidine groups is 1. The predicted octanol–water partition coefficient (Wildman–Crippen LogP) is 3.61. The van der Waals surface area contributed by atoms with Crippen LogP contribution < -0.4 is 10.6 Å². The van der Waals surface area contributed by atoms with Crippen LogP contribution in [0, 0.1) is 0 Å². The molecule has 0 aromatic carbocycles. The summed E-state index contributed by atoms with van der Waals surface area (Å²) < 4.78 is 5.65. The minimum atomic E-state index is 0.172. The van der Waals surface area contributed by atoms with Crippen LogP contribution in [0.2, 0.25) is 0 Å². The van der Waals surface area contributed by atoms with Crippen molar-refractivity contribution in [3.8, 4) is 0 Å². The highest BCUT2D eigenvalue weighted by Gasteiger charge is 2.20. The van der Waals surface area contributed by atoms with E-state index in [-0.39, 0.29) is 6.04 Å². The highest BCUT2D eigenvalue weighted by Crippen LogP contribution is 2.20. The van der Waals surface area contributed by atoms with E-state index >= 15 is 0 Å². The summed E-state index contributed by atoms with van der Waals surface area (Å²) in [4.78, 5) is 11.4. The Hall–Kier alpha value is -1.86. The van der Waals surface area contributed by atoms with Gasteiger partial charge in [-0.2, -0.15) is 0 Å². The van der Waals surface area contributed by atoms with Gasteiger partial charge in [0.1, 0.15) is 10.8 Å². The SMILES string of the molecule is CCN(CC)C(CNC(=NC)NCc1nc(C(C)C)cs1)c1ccco1. The van der Waals surface area contributed by atoms with Gasteiger partial charge in [-0.15, -0.1) is 11.3 Å². The summed E-state index contributed by atoms with van der Waals surface area (Å²) in [5.41, 5.74) is 1.15. The first-order valence-electron chi connectivity index (χ1n) is 9.25. The summed E-state index contributed by atoms with van der Waals surface area (Å²) in [5.74, 6) is 2.20. The third-order valence-electron chi connectivity index (χ3n) is 4.38. The van der Waals surface area contributed by atoms with Crippen LogP contribution in [-0.2, 0) is 6.54 Å². The second-order valence-electron chi connectivity index (χ2n) is 6.38. The number of likely N-dealkylation sites (N-methyl/N-ethyl adjacent to an activating group) is 1. The summed E-state index contributed by atoms with van der Waals surface area (Å²) in [6, 6.07) is 4.14. The van der Waals surface area contributed by atoms with Crippen LogP contribution in [0.15, 0.2) is 33.2 Å². The molecule has 2 N–H and O–H groups in total. The molecule has 0 aliphatic carbocycles. The van der Waals surface area contributed by atoms with Gasteiger partial charge in [-0.25, -0.2) is 4.98 Å². The van der Waals surface area contributed by atoms with E-state index in [4.69, 9.17) is 4.42 Å². The first kappa shape index (κ1) is 20.5. The van der Waals surface area contributed by atoms with Gasteiger partial charge in [0, 0.05) is 19.0 Å². The Morgan fingerprint density at radius 1 is 1.31 bits per heavy atom. The number of aromatic nitrogens is 1. The maximum atomic E-state index is 5.65. The van der Waals surface area contributed by atoms with Gasteiger partial charge in [-0.3, -0.25) is 9.89 Å². The average molecular weight is 378 g/mol. The summed E-state index contributed by atoms with van der Waals surface area (Å²) >= 11 is 1.69. The second-order valence-corrected chi connectivity index (χ2v) is 7.32. The van der Waals surface area contributed by atoms with Crippen LogP contribution >= 0.6 is 11.3 Å². The smallest absolute Gasteiger partial charge is 0.191 e. The standard InChI is InChI=1S/C19H31N5OS/c1-6-24(7-2)16(17-9-8-10-25-17)11-21-19(20-5)22-12-18-23-15(13-26-18)14(3)4/h8-10,13-14,16H,6-7,11-12H2,1-5H3,(H2,20,21,22). The quantitative estimate of drug-likeness (QED) is 0.516. The number of hydrogen-bond donors (Lipinski definition) is 2. The number of aliphatic imine (C=N–C) groups is 1. The Kier molecular flexibility index (Phi) is 8.12. The highest BCUT2D eigenvalue weighted by molar-refractivity contribution is 7.09. The lowest BCUT2D eigenvalue weighted by molar-refractivity contribution is 0.193. The fourth-order valence-electron chi connectivity index (χ4n) is 2.80. The van der Waals surface area contributed by atoms with E-state index in [1.807, 2.05) is 12.1 Å². The molecule has 0 bridgehead atoms. The summed E-state index contributed by atoms with van der Waals surface area (Å²) in [6.07, 6.45) is 1.73. The van der Waals surface area contributed by atoms with Gasteiger partial charge in [0.25, 0.3) is 0 Å². The molecule has 0 aliphatic heterocycles. The van der Waals surface area contributed by atoms with E-state index in [0.29, 0.717) is 12.5 Å². The maximum absolute atomic E-state index is 5.65. The molecule has 0 spiro atoms. The molecule has 0 fully saturated rings. The van der Waals surface area contributed by atoms with Crippen molar-refractivity contribution in [2.24, 2.45) is 4.99 Å². The van der Waals surface area contributed by atoms with Crippen molar-refractivity contribution in [3.63, 3.8) is 0 Å². The van der Waals surface area contributed by atoms with Crippen molar-refractivity contribution in [2.75, 3.05) is 26.7 Å². The number of nitrogens with one attached hydrogen (secondary N) is 2. The van der Waals surface area contributed by atoms with E-state index in [1.54, 1.807) is 24.6 Å². The van der Waals surface area contributed by atoms with Gasteiger partial charge in [0.15, 0.2) is 5.96 Å². The van der Waals surface area contributed by atoms with Crippen LogP contribution in [0.3, 0.4) is 0 Å². The zero-order chi connectivity index (χ0) is 18.9. The molecule has 26 heavy (non-hydrogen) atoms. The number of furan rings is 1. The number of rotatable bonds is 9. The van der Waals surface area contributed by atoms with Crippen LogP contribution in [0.5, 0.6) is 0 Å². The van der Waals surface area contributed by atoms with Crippen molar-refractivity contribution in [2.45, 2.75) is 46.2 Å². The lowest BCUT2D eigenvalue weighted by atomic mass is 10.2.